The molecule has 0 fully saturated rings. The van der Waals surface area contributed by atoms with E-state index in [0.717, 1.165) is 5.56 Å². The summed E-state index contributed by atoms with van der Waals surface area (Å²) in [6.07, 6.45) is 1.18. The summed E-state index contributed by atoms with van der Waals surface area (Å²) in [6, 6.07) is 1.80. The summed E-state index contributed by atoms with van der Waals surface area (Å²) in [5, 5.41) is 3.68. The Labute approximate surface area is 96.5 Å². The summed E-state index contributed by atoms with van der Waals surface area (Å²) in [5.41, 5.74) is -0.346. The zero-order chi connectivity index (χ0) is 11.8. The van der Waals surface area contributed by atoms with Crippen LogP contribution in [0.2, 0.25) is 0 Å². The molecule has 1 atom stereocenters. The number of thiophene rings is 1. The Balaban J connectivity index is 2.30. The Morgan fingerprint density at radius 1 is 1.56 bits per heavy atom. The molecule has 1 aromatic heterocycles. The van der Waals surface area contributed by atoms with Gasteiger partial charge in [-0.3, -0.25) is 4.79 Å². The van der Waals surface area contributed by atoms with Gasteiger partial charge in [-0.2, -0.15) is 11.3 Å². The van der Waals surface area contributed by atoms with Gasteiger partial charge >= 0.3 is 5.97 Å². The maximum atomic E-state index is 11.8. The fourth-order valence-electron chi connectivity index (χ4n) is 1.49. The van der Waals surface area contributed by atoms with Gasteiger partial charge in [-0.25, -0.2) is 4.79 Å². The van der Waals surface area contributed by atoms with E-state index >= 15 is 0 Å². The molecule has 2 heterocycles. The largest absolute Gasteiger partial charge is 0.467 e. The Bertz CT molecular complexity index is 460. The van der Waals surface area contributed by atoms with Crippen LogP contribution < -0.4 is 0 Å². The molecular formula is C11H10O4S. The van der Waals surface area contributed by atoms with Crippen molar-refractivity contribution >= 4 is 23.1 Å². The number of methoxy groups -OCH3 is 1. The van der Waals surface area contributed by atoms with Crippen molar-refractivity contribution in [2.24, 2.45) is 0 Å². The van der Waals surface area contributed by atoms with Crippen LogP contribution in [0.4, 0.5) is 0 Å². The van der Waals surface area contributed by atoms with E-state index in [1.807, 2.05) is 10.8 Å². The van der Waals surface area contributed by atoms with E-state index in [1.54, 1.807) is 13.0 Å². The lowest BCUT2D eigenvalue weighted by Gasteiger charge is -2.22. The molecular weight excluding hydrogens is 228 g/mol. The molecule has 0 saturated heterocycles. The molecule has 1 aromatic rings. The number of ketones is 1. The van der Waals surface area contributed by atoms with E-state index < -0.39 is 11.6 Å². The molecule has 1 unspecified atom stereocenters. The Morgan fingerprint density at radius 2 is 2.31 bits per heavy atom. The molecule has 5 heteroatoms. The van der Waals surface area contributed by atoms with Crippen molar-refractivity contribution in [1.29, 1.82) is 0 Å². The first-order valence-electron chi connectivity index (χ1n) is 4.64. The second kappa shape index (κ2) is 3.75. The Kier molecular flexibility index (Phi) is 2.55. The molecule has 1 aliphatic rings. The molecule has 0 radical (unpaired) electrons. The van der Waals surface area contributed by atoms with Crippen molar-refractivity contribution in [1.82, 2.24) is 0 Å². The maximum absolute atomic E-state index is 11.8. The molecule has 0 amide bonds. The average Bonchev–Trinajstić information content (AvgIpc) is 2.87. The molecule has 0 bridgehead atoms. The number of rotatable bonds is 2. The van der Waals surface area contributed by atoms with Crippen molar-refractivity contribution in [3.63, 3.8) is 0 Å². The van der Waals surface area contributed by atoms with Gasteiger partial charge in [0.2, 0.25) is 11.5 Å². The van der Waals surface area contributed by atoms with Gasteiger partial charge in [-0.05, 0) is 23.8 Å². The topological polar surface area (TPSA) is 52.6 Å². The highest BCUT2D eigenvalue weighted by molar-refractivity contribution is 7.08. The predicted molar refractivity (Wildman–Crippen MR) is 57.9 cm³/mol. The van der Waals surface area contributed by atoms with Crippen molar-refractivity contribution < 1.29 is 19.1 Å². The van der Waals surface area contributed by atoms with Crippen LogP contribution in [0.5, 0.6) is 0 Å². The number of hydrogen-bond donors (Lipinski definition) is 0. The monoisotopic (exact) mass is 238 g/mol. The normalized spacial score (nSPS) is 23.9. The summed E-state index contributed by atoms with van der Waals surface area (Å²) in [7, 11) is 1.25. The van der Waals surface area contributed by atoms with E-state index in [1.165, 1.54) is 24.5 Å². The number of carbonyl (C=O) groups is 2. The van der Waals surface area contributed by atoms with Crippen molar-refractivity contribution in [2.45, 2.75) is 12.5 Å². The number of hydrogen-bond acceptors (Lipinski definition) is 5. The van der Waals surface area contributed by atoms with Crippen molar-refractivity contribution in [3.05, 3.63) is 34.2 Å². The van der Waals surface area contributed by atoms with Gasteiger partial charge in [-0.15, -0.1) is 0 Å². The van der Waals surface area contributed by atoms with Gasteiger partial charge in [0.15, 0.2) is 5.60 Å². The highest BCUT2D eigenvalue weighted by Gasteiger charge is 2.44. The van der Waals surface area contributed by atoms with Crippen LogP contribution in [0.3, 0.4) is 0 Å². The van der Waals surface area contributed by atoms with E-state index in [2.05, 4.69) is 4.74 Å². The van der Waals surface area contributed by atoms with Crippen LogP contribution in [0, 0.1) is 0 Å². The fraction of sp³-hybridized carbons (Fsp3) is 0.273. The summed E-state index contributed by atoms with van der Waals surface area (Å²) in [6.45, 7) is 1.64. The molecule has 0 spiro atoms. The standard InChI is InChI=1S/C11H10O4S/c1-11(7-3-4-16-6-7)9(12)5-8(15-11)10(13)14-2/h3-6H,1-2H3. The van der Waals surface area contributed by atoms with Crippen LogP contribution >= 0.6 is 11.3 Å². The van der Waals surface area contributed by atoms with E-state index in [0.29, 0.717) is 0 Å². The maximum Gasteiger partial charge on any atom is 0.373 e. The summed E-state index contributed by atoms with van der Waals surface area (Å²) in [5.74, 6) is -0.917. The summed E-state index contributed by atoms with van der Waals surface area (Å²) >= 11 is 1.47. The SMILES string of the molecule is COC(=O)C1=CC(=O)C(C)(c2ccsc2)O1. The third-order valence-electron chi connectivity index (χ3n) is 2.51. The summed E-state index contributed by atoms with van der Waals surface area (Å²) in [4.78, 5) is 23.1. The first kappa shape index (κ1) is 10.9. The first-order valence-corrected chi connectivity index (χ1v) is 5.58. The highest BCUT2D eigenvalue weighted by atomic mass is 32.1. The Morgan fingerprint density at radius 3 is 2.88 bits per heavy atom. The molecule has 0 saturated carbocycles. The van der Waals surface area contributed by atoms with Gasteiger partial charge in [0, 0.05) is 11.6 Å². The molecule has 2 rings (SSSR count). The van der Waals surface area contributed by atoms with Crippen molar-refractivity contribution in [2.75, 3.05) is 7.11 Å². The zero-order valence-electron chi connectivity index (χ0n) is 8.85. The third kappa shape index (κ3) is 1.53. The molecule has 0 N–H and O–H groups in total. The summed E-state index contributed by atoms with van der Waals surface area (Å²) < 4.78 is 9.91. The smallest absolute Gasteiger partial charge is 0.373 e. The van der Waals surface area contributed by atoms with Crippen LogP contribution in [0.1, 0.15) is 12.5 Å². The van der Waals surface area contributed by atoms with Gasteiger partial charge in [-0.1, -0.05) is 0 Å². The van der Waals surface area contributed by atoms with E-state index in [4.69, 9.17) is 4.74 Å². The second-order valence-corrected chi connectivity index (χ2v) is 4.29. The number of ether oxygens (including phenoxy) is 2. The average molecular weight is 238 g/mol. The minimum Gasteiger partial charge on any atom is -0.467 e. The van der Waals surface area contributed by atoms with Crippen LogP contribution in [-0.2, 0) is 24.7 Å². The molecule has 1 aliphatic heterocycles. The van der Waals surface area contributed by atoms with Gasteiger partial charge in [0.1, 0.15) is 0 Å². The zero-order valence-corrected chi connectivity index (χ0v) is 9.67. The molecule has 0 aromatic carbocycles. The number of carbonyl (C=O) groups excluding carboxylic acids is 2. The van der Waals surface area contributed by atoms with E-state index in [9.17, 15) is 9.59 Å². The minimum absolute atomic E-state index is 0.0406. The van der Waals surface area contributed by atoms with Crippen molar-refractivity contribution in [3.8, 4) is 0 Å². The molecule has 0 aliphatic carbocycles. The lowest BCUT2D eigenvalue weighted by atomic mass is 9.95. The van der Waals surface area contributed by atoms with Crippen LogP contribution in [-0.4, -0.2) is 18.9 Å². The van der Waals surface area contributed by atoms with Gasteiger partial charge in [0.25, 0.3) is 0 Å². The second-order valence-electron chi connectivity index (χ2n) is 3.51. The fourth-order valence-corrected chi connectivity index (χ4v) is 2.25. The molecule has 16 heavy (non-hydrogen) atoms. The van der Waals surface area contributed by atoms with Gasteiger partial charge < -0.3 is 9.47 Å². The Hall–Kier alpha value is -1.62. The first-order chi connectivity index (χ1) is 7.58. The molecule has 4 nitrogen and oxygen atoms in total. The van der Waals surface area contributed by atoms with Crippen LogP contribution in [0.25, 0.3) is 0 Å². The number of esters is 1. The lowest BCUT2D eigenvalue weighted by Crippen LogP contribution is -2.29. The molecule has 84 valence electrons. The predicted octanol–water partition coefficient (Wildman–Crippen LogP) is 1.62. The van der Waals surface area contributed by atoms with E-state index in [-0.39, 0.29) is 11.5 Å². The van der Waals surface area contributed by atoms with Crippen LogP contribution in [0.15, 0.2) is 28.7 Å². The highest BCUT2D eigenvalue weighted by Crippen LogP contribution is 2.36. The quantitative estimate of drug-likeness (QED) is 0.735. The third-order valence-corrected chi connectivity index (χ3v) is 3.19. The van der Waals surface area contributed by atoms with Gasteiger partial charge in [0.05, 0.1) is 7.11 Å². The minimum atomic E-state index is -1.09. The lowest BCUT2D eigenvalue weighted by molar-refractivity contribution is -0.144.